The third-order valence-corrected chi connectivity index (χ3v) is 6.91. The Hall–Kier alpha value is -2.68. The number of aromatic nitrogens is 3. The van der Waals surface area contributed by atoms with Crippen molar-refractivity contribution < 1.29 is 9.13 Å². The topological polar surface area (TPSA) is 78.4 Å². The van der Waals surface area contributed by atoms with Gasteiger partial charge in [0.05, 0.1) is 6.10 Å². The van der Waals surface area contributed by atoms with Crippen molar-refractivity contribution in [1.82, 2.24) is 19.9 Å². The van der Waals surface area contributed by atoms with Crippen molar-refractivity contribution in [3.8, 4) is 5.75 Å². The van der Waals surface area contributed by atoms with E-state index in [-0.39, 0.29) is 11.9 Å². The Bertz CT molecular complexity index is 957. The van der Waals surface area contributed by atoms with E-state index in [4.69, 9.17) is 14.7 Å². The Morgan fingerprint density at radius 2 is 1.69 bits per heavy atom. The molecule has 8 nitrogen and oxygen atoms in total. The first-order valence-electron chi connectivity index (χ1n) is 13.0. The third kappa shape index (κ3) is 7.16. The molecule has 1 saturated heterocycles. The first kappa shape index (κ1) is 25.4. The first-order valence-corrected chi connectivity index (χ1v) is 13.0. The van der Waals surface area contributed by atoms with Crippen LogP contribution in [0.2, 0.25) is 0 Å². The molecule has 1 saturated carbocycles. The number of piperidine rings is 1. The zero-order chi connectivity index (χ0) is 24.8. The van der Waals surface area contributed by atoms with Crippen LogP contribution in [0, 0.1) is 5.82 Å². The molecule has 0 amide bonds. The molecule has 0 bridgehead atoms. The molecule has 2 aromatic rings. The molecule has 2 fully saturated rings. The first-order chi connectivity index (χ1) is 16.9. The summed E-state index contributed by atoms with van der Waals surface area (Å²) in [6.45, 7) is 5.87. The lowest BCUT2D eigenvalue weighted by molar-refractivity contribution is 0.231. The summed E-state index contributed by atoms with van der Waals surface area (Å²) in [5.41, 5.74) is 0.568. The van der Waals surface area contributed by atoms with Crippen LogP contribution < -0.4 is 20.3 Å². The number of likely N-dealkylation sites (tertiary alicyclic amines) is 1. The quantitative estimate of drug-likeness (QED) is 0.494. The van der Waals surface area contributed by atoms with Crippen LogP contribution in [0.4, 0.5) is 27.9 Å². The summed E-state index contributed by atoms with van der Waals surface area (Å²) in [4.78, 5) is 18.7. The molecule has 1 aromatic heterocycles. The summed E-state index contributed by atoms with van der Waals surface area (Å²) in [5, 5.41) is 6.75. The minimum atomic E-state index is -0.418. The van der Waals surface area contributed by atoms with Gasteiger partial charge in [0, 0.05) is 30.9 Å². The molecule has 35 heavy (non-hydrogen) atoms. The normalized spacial score (nSPS) is 18.3. The molecule has 1 aromatic carbocycles. The van der Waals surface area contributed by atoms with Crippen LogP contribution in [0.5, 0.6) is 5.75 Å². The van der Waals surface area contributed by atoms with Gasteiger partial charge in [-0.1, -0.05) is 25.7 Å². The van der Waals surface area contributed by atoms with Crippen LogP contribution in [0.3, 0.4) is 0 Å². The van der Waals surface area contributed by atoms with Crippen molar-refractivity contribution in [2.24, 2.45) is 0 Å². The van der Waals surface area contributed by atoms with Gasteiger partial charge in [-0.2, -0.15) is 15.0 Å². The fourth-order valence-corrected chi connectivity index (χ4v) is 4.85. The highest BCUT2D eigenvalue weighted by atomic mass is 19.1. The molecule has 9 heteroatoms. The Morgan fingerprint density at radius 3 is 2.34 bits per heavy atom. The van der Waals surface area contributed by atoms with E-state index in [1.54, 1.807) is 12.1 Å². The molecule has 0 radical (unpaired) electrons. The van der Waals surface area contributed by atoms with E-state index in [0.29, 0.717) is 35.6 Å². The zero-order valence-electron chi connectivity index (χ0n) is 21.6. The predicted octanol–water partition coefficient (Wildman–Crippen LogP) is 5.21. The SMILES string of the molecule is CC(C)Oc1ccc(Nc2nc(NC3CCCCCC3)nc(N(C)C3CCN(C)CC3)n2)cc1F. The lowest BCUT2D eigenvalue weighted by Gasteiger charge is -2.35. The van der Waals surface area contributed by atoms with Crippen molar-refractivity contribution in [2.45, 2.75) is 83.4 Å². The van der Waals surface area contributed by atoms with Gasteiger partial charge in [0.1, 0.15) is 0 Å². The lowest BCUT2D eigenvalue weighted by Crippen LogP contribution is -2.42. The molecule has 0 spiro atoms. The number of anilines is 4. The smallest absolute Gasteiger partial charge is 0.233 e. The molecule has 2 heterocycles. The van der Waals surface area contributed by atoms with Gasteiger partial charge in [0.2, 0.25) is 17.8 Å². The van der Waals surface area contributed by atoms with Gasteiger partial charge in [-0.15, -0.1) is 0 Å². The van der Waals surface area contributed by atoms with Crippen LogP contribution in [0.15, 0.2) is 18.2 Å². The number of nitrogens with zero attached hydrogens (tertiary/aromatic N) is 5. The lowest BCUT2D eigenvalue weighted by atomic mass is 10.0. The second-order valence-corrected chi connectivity index (χ2v) is 10.2. The van der Waals surface area contributed by atoms with Gasteiger partial charge in [-0.25, -0.2) is 4.39 Å². The summed E-state index contributed by atoms with van der Waals surface area (Å²) >= 11 is 0. The van der Waals surface area contributed by atoms with Crippen molar-refractivity contribution in [3.05, 3.63) is 24.0 Å². The molecule has 0 atom stereocenters. The summed E-state index contributed by atoms with van der Waals surface area (Å²) < 4.78 is 20.1. The van der Waals surface area contributed by atoms with Crippen LogP contribution in [-0.2, 0) is 0 Å². The maximum absolute atomic E-state index is 14.6. The number of nitrogens with one attached hydrogen (secondary N) is 2. The molecule has 0 unspecified atom stereocenters. The van der Waals surface area contributed by atoms with Gasteiger partial charge in [0.15, 0.2) is 11.6 Å². The van der Waals surface area contributed by atoms with E-state index in [0.717, 1.165) is 38.8 Å². The van der Waals surface area contributed by atoms with Gasteiger partial charge in [-0.3, -0.25) is 0 Å². The Morgan fingerprint density at radius 1 is 1.00 bits per heavy atom. The fraction of sp³-hybridized carbons (Fsp3) is 0.654. The van der Waals surface area contributed by atoms with Crippen molar-refractivity contribution in [2.75, 3.05) is 42.7 Å². The molecular weight excluding hydrogens is 445 g/mol. The number of halogens is 1. The van der Waals surface area contributed by atoms with Crippen LogP contribution in [0.25, 0.3) is 0 Å². The molecule has 1 aliphatic heterocycles. The van der Waals surface area contributed by atoms with Gasteiger partial charge in [-0.05, 0) is 71.8 Å². The molecule has 2 aliphatic rings. The fourth-order valence-electron chi connectivity index (χ4n) is 4.85. The molecule has 2 N–H and O–H groups in total. The van der Waals surface area contributed by atoms with E-state index < -0.39 is 5.82 Å². The van der Waals surface area contributed by atoms with E-state index in [1.807, 2.05) is 13.8 Å². The number of hydrogen-bond donors (Lipinski definition) is 2. The van der Waals surface area contributed by atoms with Gasteiger partial charge in [0.25, 0.3) is 0 Å². The minimum absolute atomic E-state index is 0.0952. The molecule has 192 valence electrons. The summed E-state index contributed by atoms with van der Waals surface area (Å²) in [5.74, 6) is 1.43. The monoisotopic (exact) mass is 485 g/mol. The Labute approximate surface area is 208 Å². The zero-order valence-corrected chi connectivity index (χ0v) is 21.6. The molecule has 1 aliphatic carbocycles. The predicted molar refractivity (Wildman–Crippen MR) is 139 cm³/mol. The second-order valence-electron chi connectivity index (χ2n) is 10.2. The average molecular weight is 486 g/mol. The maximum atomic E-state index is 14.6. The van der Waals surface area contributed by atoms with Crippen molar-refractivity contribution in [1.29, 1.82) is 0 Å². The highest BCUT2D eigenvalue weighted by Crippen LogP contribution is 2.27. The Balaban J connectivity index is 1.57. The van der Waals surface area contributed by atoms with Gasteiger partial charge < -0.3 is 25.2 Å². The molecule has 4 rings (SSSR count). The van der Waals surface area contributed by atoms with E-state index in [2.05, 4.69) is 39.5 Å². The number of ether oxygens (including phenoxy) is 1. The van der Waals surface area contributed by atoms with Crippen molar-refractivity contribution in [3.63, 3.8) is 0 Å². The molecular formula is C26H40FN7O. The van der Waals surface area contributed by atoms with E-state index >= 15 is 0 Å². The number of benzene rings is 1. The minimum Gasteiger partial charge on any atom is -0.488 e. The van der Waals surface area contributed by atoms with E-state index in [9.17, 15) is 4.39 Å². The van der Waals surface area contributed by atoms with Crippen LogP contribution >= 0.6 is 0 Å². The summed E-state index contributed by atoms with van der Waals surface area (Å²) in [6, 6.07) is 5.56. The maximum Gasteiger partial charge on any atom is 0.233 e. The number of hydrogen-bond acceptors (Lipinski definition) is 8. The second kappa shape index (κ2) is 11.8. The average Bonchev–Trinajstić information content (AvgIpc) is 3.09. The van der Waals surface area contributed by atoms with Crippen molar-refractivity contribution >= 4 is 23.5 Å². The van der Waals surface area contributed by atoms with Crippen LogP contribution in [0.1, 0.15) is 65.2 Å². The largest absolute Gasteiger partial charge is 0.488 e. The highest BCUT2D eigenvalue weighted by molar-refractivity contribution is 5.57. The summed E-state index contributed by atoms with van der Waals surface area (Å²) in [6.07, 6.45) is 9.30. The standard InChI is InChI=1S/C26H40FN7O/c1-18(2)35-23-12-11-20(17-22(23)27)29-25-30-24(28-19-9-7-5-6-8-10-19)31-26(32-25)34(4)21-13-15-33(3)16-14-21/h11-12,17-19,21H,5-10,13-16H2,1-4H3,(H2,28,29,30,31,32). The van der Waals surface area contributed by atoms with Crippen LogP contribution in [-0.4, -0.2) is 65.2 Å². The van der Waals surface area contributed by atoms with E-state index in [1.165, 1.54) is 31.7 Å². The van der Waals surface area contributed by atoms with Gasteiger partial charge >= 0.3 is 0 Å². The highest BCUT2D eigenvalue weighted by Gasteiger charge is 2.24. The third-order valence-electron chi connectivity index (χ3n) is 6.91. The summed E-state index contributed by atoms with van der Waals surface area (Å²) in [7, 11) is 4.22. The Kier molecular flexibility index (Phi) is 8.59. The number of rotatable bonds is 8.